The summed E-state index contributed by atoms with van der Waals surface area (Å²) < 4.78 is 0. The minimum absolute atomic E-state index is 0.159. The van der Waals surface area contributed by atoms with Crippen LogP contribution >= 0.6 is 0 Å². The van der Waals surface area contributed by atoms with E-state index < -0.39 is 5.97 Å². The Bertz CT molecular complexity index is 885. The lowest BCUT2D eigenvalue weighted by Gasteiger charge is -2.18. The van der Waals surface area contributed by atoms with E-state index in [0.29, 0.717) is 37.0 Å². The van der Waals surface area contributed by atoms with E-state index in [2.05, 4.69) is 5.32 Å². The molecule has 0 radical (unpaired) electrons. The Morgan fingerprint density at radius 1 is 0.963 bits per heavy atom. The monoisotopic (exact) mass is 365 g/mol. The Balaban J connectivity index is 1.64. The molecule has 5 nitrogen and oxygen atoms in total. The number of hydrogen-bond acceptors (Lipinski definition) is 3. The van der Waals surface area contributed by atoms with E-state index in [1.165, 1.54) is 0 Å². The summed E-state index contributed by atoms with van der Waals surface area (Å²) in [6.45, 7) is 0. The van der Waals surface area contributed by atoms with E-state index in [9.17, 15) is 19.8 Å². The first-order chi connectivity index (χ1) is 13.0. The first-order valence-electron chi connectivity index (χ1n) is 9.16. The minimum Gasteiger partial charge on any atom is -0.508 e. The fourth-order valence-corrected chi connectivity index (χ4v) is 3.36. The van der Waals surface area contributed by atoms with Gasteiger partial charge in [-0.1, -0.05) is 36.4 Å². The molecule has 2 aromatic carbocycles. The molecule has 140 valence electrons. The number of benzene rings is 2. The third kappa shape index (κ3) is 4.97. The molecule has 0 aliphatic heterocycles. The van der Waals surface area contributed by atoms with Crippen molar-refractivity contribution in [1.82, 2.24) is 5.32 Å². The van der Waals surface area contributed by atoms with E-state index in [1.54, 1.807) is 18.2 Å². The smallest absolute Gasteiger partial charge is 0.333 e. The van der Waals surface area contributed by atoms with Crippen LogP contribution in [0.4, 0.5) is 0 Å². The molecule has 0 aromatic heterocycles. The fourth-order valence-electron chi connectivity index (χ4n) is 3.36. The van der Waals surface area contributed by atoms with Crippen LogP contribution in [0.25, 0.3) is 11.1 Å². The Labute approximate surface area is 158 Å². The molecule has 2 aromatic rings. The molecule has 0 atom stereocenters. The summed E-state index contributed by atoms with van der Waals surface area (Å²) in [7, 11) is 0. The Morgan fingerprint density at radius 3 is 2.41 bits per heavy atom. The number of phenolic OH excluding ortho intramolecular Hbond substituents is 1. The normalized spacial score (nSPS) is 14.1. The number of aromatic hydroxyl groups is 1. The summed E-state index contributed by atoms with van der Waals surface area (Å²) in [5.41, 5.74) is 3.81. The second-order valence-electron chi connectivity index (χ2n) is 6.77. The van der Waals surface area contributed by atoms with Crippen LogP contribution in [-0.2, 0) is 16.0 Å². The number of amides is 1. The Kier molecular flexibility index (Phi) is 5.91. The van der Waals surface area contributed by atoms with Gasteiger partial charge in [0.15, 0.2) is 0 Å². The standard InChI is InChI=1S/C22H23NO4/c24-18-8-4-7-17(14-18)16-6-3-5-15(13-16)11-12-21(25)23-20-10-2-1-9-19(20)22(26)27/h3-8,13-14,24H,1-2,9-12H2,(H,23,25)(H,26,27). The van der Waals surface area contributed by atoms with Crippen molar-refractivity contribution in [3.8, 4) is 16.9 Å². The number of hydrogen-bond donors (Lipinski definition) is 3. The average molecular weight is 365 g/mol. The molecule has 3 N–H and O–H groups in total. The number of allylic oxidation sites excluding steroid dienone is 1. The molecule has 1 amide bonds. The van der Waals surface area contributed by atoms with Gasteiger partial charge in [-0.05, 0) is 60.9 Å². The molecule has 0 bridgehead atoms. The maximum atomic E-state index is 12.3. The summed E-state index contributed by atoms with van der Waals surface area (Å²) >= 11 is 0. The summed E-state index contributed by atoms with van der Waals surface area (Å²) in [5.74, 6) is -0.885. The number of aliphatic carboxylic acids is 1. The van der Waals surface area contributed by atoms with Crippen LogP contribution in [0, 0.1) is 0 Å². The Morgan fingerprint density at radius 2 is 1.67 bits per heavy atom. The molecular weight excluding hydrogens is 342 g/mol. The third-order valence-corrected chi connectivity index (χ3v) is 4.76. The number of carboxylic acid groups (broad SMARTS) is 1. The van der Waals surface area contributed by atoms with E-state index in [4.69, 9.17) is 0 Å². The lowest BCUT2D eigenvalue weighted by Crippen LogP contribution is -2.27. The zero-order valence-electron chi connectivity index (χ0n) is 15.1. The summed E-state index contributed by atoms with van der Waals surface area (Å²) in [6.07, 6.45) is 3.73. The van der Waals surface area contributed by atoms with Gasteiger partial charge in [0.05, 0.1) is 5.57 Å². The Hall–Kier alpha value is -3.08. The minimum atomic E-state index is -0.941. The molecule has 5 heteroatoms. The van der Waals surface area contributed by atoms with Gasteiger partial charge < -0.3 is 15.5 Å². The zero-order chi connectivity index (χ0) is 19.2. The SMILES string of the molecule is O=C(CCc1cccc(-c2cccc(O)c2)c1)NC1=C(C(=O)O)CCCC1. The molecule has 0 saturated heterocycles. The van der Waals surface area contributed by atoms with Gasteiger partial charge in [0.1, 0.15) is 5.75 Å². The van der Waals surface area contributed by atoms with Gasteiger partial charge in [-0.15, -0.1) is 0 Å². The van der Waals surface area contributed by atoms with Crippen LogP contribution in [0.3, 0.4) is 0 Å². The number of carbonyl (C=O) groups is 2. The predicted octanol–water partition coefficient (Wildman–Crippen LogP) is 4.02. The molecule has 3 rings (SSSR count). The van der Waals surface area contributed by atoms with Crippen LogP contribution in [0.15, 0.2) is 59.8 Å². The molecule has 0 unspecified atom stereocenters. The van der Waals surface area contributed by atoms with Crippen molar-refractivity contribution in [2.24, 2.45) is 0 Å². The van der Waals surface area contributed by atoms with Crippen molar-refractivity contribution in [3.63, 3.8) is 0 Å². The van der Waals surface area contributed by atoms with Crippen LogP contribution in [0.5, 0.6) is 5.75 Å². The van der Waals surface area contributed by atoms with Crippen LogP contribution in [0.2, 0.25) is 0 Å². The van der Waals surface area contributed by atoms with Gasteiger partial charge in [-0.3, -0.25) is 4.79 Å². The second-order valence-corrected chi connectivity index (χ2v) is 6.77. The molecule has 0 spiro atoms. The number of carbonyl (C=O) groups excluding carboxylic acids is 1. The maximum absolute atomic E-state index is 12.3. The van der Waals surface area contributed by atoms with Gasteiger partial charge >= 0.3 is 5.97 Å². The van der Waals surface area contributed by atoms with Gasteiger partial charge in [0.25, 0.3) is 0 Å². The van der Waals surface area contributed by atoms with Crippen LogP contribution in [0.1, 0.15) is 37.7 Å². The number of phenols is 1. The van der Waals surface area contributed by atoms with Crippen molar-refractivity contribution in [2.45, 2.75) is 38.5 Å². The van der Waals surface area contributed by atoms with Gasteiger partial charge in [0.2, 0.25) is 5.91 Å². The highest BCUT2D eigenvalue weighted by Gasteiger charge is 2.19. The van der Waals surface area contributed by atoms with Gasteiger partial charge in [-0.25, -0.2) is 4.79 Å². The number of rotatable bonds is 6. The first-order valence-corrected chi connectivity index (χ1v) is 9.16. The fraction of sp³-hybridized carbons (Fsp3) is 0.273. The van der Waals surface area contributed by atoms with E-state index in [-0.39, 0.29) is 11.7 Å². The highest BCUT2D eigenvalue weighted by molar-refractivity contribution is 5.89. The topological polar surface area (TPSA) is 86.6 Å². The van der Waals surface area contributed by atoms with Crippen molar-refractivity contribution in [2.75, 3.05) is 0 Å². The molecule has 0 fully saturated rings. The van der Waals surface area contributed by atoms with Crippen molar-refractivity contribution in [1.29, 1.82) is 0 Å². The summed E-state index contributed by atoms with van der Waals surface area (Å²) in [4.78, 5) is 23.6. The lowest BCUT2D eigenvalue weighted by molar-refractivity contribution is -0.133. The largest absolute Gasteiger partial charge is 0.508 e. The zero-order valence-corrected chi connectivity index (χ0v) is 15.1. The molecule has 0 heterocycles. The number of aryl methyl sites for hydroxylation is 1. The molecule has 1 aliphatic carbocycles. The highest BCUT2D eigenvalue weighted by atomic mass is 16.4. The molecule has 0 saturated carbocycles. The maximum Gasteiger partial charge on any atom is 0.333 e. The van der Waals surface area contributed by atoms with Gasteiger partial charge in [-0.2, -0.15) is 0 Å². The van der Waals surface area contributed by atoms with Gasteiger partial charge in [0, 0.05) is 12.1 Å². The second kappa shape index (κ2) is 8.54. The summed E-state index contributed by atoms with van der Waals surface area (Å²) in [6, 6.07) is 14.9. The quantitative estimate of drug-likeness (QED) is 0.722. The first kappa shape index (κ1) is 18.7. The molecule has 27 heavy (non-hydrogen) atoms. The van der Waals surface area contributed by atoms with Crippen LogP contribution < -0.4 is 5.32 Å². The predicted molar refractivity (Wildman–Crippen MR) is 103 cm³/mol. The van der Waals surface area contributed by atoms with E-state index in [0.717, 1.165) is 29.5 Å². The molecular formula is C22H23NO4. The van der Waals surface area contributed by atoms with Crippen molar-refractivity contribution < 1.29 is 19.8 Å². The number of carboxylic acids is 1. The molecule has 1 aliphatic rings. The summed E-state index contributed by atoms with van der Waals surface area (Å²) in [5, 5.41) is 21.7. The highest BCUT2D eigenvalue weighted by Crippen LogP contribution is 2.25. The van der Waals surface area contributed by atoms with Crippen molar-refractivity contribution in [3.05, 3.63) is 65.4 Å². The van der Waals surface area contributed by atoms with Crippen LogP contribution in [-0.4, -0.2) is 22.1 Å². The lowest BCUT2D eigenvalue weighted by atomic mass is 9.96. The average Bonchev–Trinajstić information content (AvgIpc) is 2.67. The number of nitrogens with one attached hydrogen (secondary N) is 1. The van der Waals surface area contributed by atoms with Crippen molar-refractivity contribution >= 4 is 11.9 Å². The van der Waals surface area contributed by atoms with E-state index >= 15 is 0 Å². The third-order valence-electron chi connectivity index (χ3n) is 4.76. The van der Waals surface area contributed by atoms with E-state index in [1.807, 2.05) is 30.3 Å².